The van der Waals surface area contributed by atoms with Crippen LogP contribution in [-0.2, 0) is 14.5 Å². The summed E-state index contributed by atoms with van der Waals surface area (Å²) in [6.45, 7) is 0. The van der Waals surface area contributed by atoms with Crippen LogP contribution in [0.1, 0.15) is 25.7 Å². The molecule has 0 radical (unpaired) electrons. The Labute approximate surface area is 120 Å². The van der Waals surface area contributed by atoms with Gasteiger partial charge in [0.05, 0.1) is 22.6 Å². The van der Waals surface area contributed by atoms with Gasteiger partial charge in [-0.1, -0.05) is 29.8 Å². The minimum Gasteiger partial charge on any atom is -0.451 e. The lowest BCUT2D eigenvalue weighted by atomic mass is 10.0. The van der Waals surface area contributed by atoms with E-state index < -0.39 is 15.8 Å². The number of amides is 1. The zero-order valence-electron chi connectivity index (χ0n) is 11.6. The number of hydrogen-bond donors (Lipinski definition) is 0. The molecule has 0 aliphatic heterocycles. The third-order valence-electron chi connectivity index (χ3n) is 3.27. The zero-order valence-corrected chi connectivity index (χ0v) is 12.4. The van der Waals surface area contributed by atoms with Crippen LogP contribution in [0.3, 0.4) is 0 Å². The molecule has 2 rings (SSSR count). The molecule has 0 bridgehead atoms. The van der Waals surface area contributed by atoms with Crippen molar-refractivity contribution in [2.45, 2.75) is 30.6 Å². The van der Waals surface area contributed by atoms with Crippen molar-refractivity contribution in [2.75, 3.05) is 12.9 Å². The maximum absolute atomic E-state index is 13.1. The van der Waals surface area contributed by atoms with E-state index >= 15 is 0 Å². The average Bonchev–Trinajstić information content (AvgIpc) is 2.49. The second kappa shape index (κ2) is 6.70. The second-order valence-electron chi connectivity index (χ2n) is 4.77. The van der Waals surface area contributed by atoms with Gasteiger partial charge >= 0.3 is 6.09 Å². The smallest absolute Gasteiger partial charge is 0.441 e. The molecule has 5 heteroatoms. The monoisotopic (exact) mass is 293 g/mol. The van der Waals surface area contributed by atoms with Crippen molar-refractivity contribution < 1.29 is 13.7 Å². The third kappa shape index (κ3) is 3.70. The molecule has 0 spiro atoms. The van der Waals surface area contributed by atoms with Crippen LogP contribution in [-0.4, -0.2) is 23.2 Å². The lowest BCUT2D eigenvalue weighted by Gasteiger charge is -2.15. The van der Waals surface area contributed by atoms with E-state index in [9.17, 15) is 9.00 Å². The van der Waals surface area contributed by atoms with Gasteiger partial charge in [0.1, 0.15) is 0 Å². The average molecular weight is 293 g/mol. The third-order valence-corrected chi connectivity index (χ3v) is 5.49. The van der Waals surface area contributed by atoms with E-state index in [4.69, 9.17) is 0 Å². The predicted molar refractivity (Wildman–Crippen MR) is 79.1 cm³/mol. The van der Waals surface area contributed by atoms with Crippen molar-refractivity contribution in [3.8, 4) is 0 Å². The summed E-state index contributed by atoms with van der Waals surface area (Å²) in [6.07, 6.45) is 5.56. The first-order valence-electron chi connectivity index (χ1n) is 6.70. The normalized spacial score (nSPS) is 17.8. The Morgan fingerprint density at radius 3 is 2.65 bits per heavy atom. The molecule has 1 aliphatic carbocycles. The van der Waals surface area contributed by atoms with E-state index in [0.717, 1.165) is 24.8 Å². The molecule has 0 unspecified atom stereocenters. The van der Waals surface area contributed by atoms with E-state index in [0.29, 0.717) is 10.6 Å². The highest BCUT2D eigenvalue weighted by Gasteiger charge is 2.18. The molecule has 0 aromatic heterocycles. The minimum atomic E-state index is -2.80. The van der Waals surface area contributed by atoms with Crippen LogP contribution >= 0.6 is 0 Å². The largest absolute Gasteiger partial charge is 0.451 e. The van der Waals surface area contributed by atoms with E-state index in [-0.39, 0.29) is 0 Å². The molecule has 0 saturated heterocycles. The Morgan fingerprint density at radius 1 is 1.30 bits per heavy atom. The SMILES string of the molecule is COC(=O)N=[S@](=O)(CC1=CCCCC1)c1ccccc1. The van der Waals surface area contributed by atoms with Crippen LogP contribution < -0.4 is 0 Å². The van der Waals surface area contributed by atoms with Gasteiger partial charge in [-0.05, 0) is 37.8 Å². The molecule has 1 amide bonds. The zero-order chi connectivity index (χ0) is 14.4. The number of ether oxygens (including phenoxy) is 1. The number of rotatable bonds is 3. The first-order chi connectivity index (χ1) is 9.64. The summed E-state index contributed by atoms with van der Waals surface area (Å²) in [5.74, 6) is 0.312. The van der Waals surface area contributed by atoms with Crippen LogP contribution in [0.2, 0.25) is 0 Å². The van der Waals surface area contributed by atoms with Gasteiger partial charge < -0.3 is 4.74 Å². The molecule has 4 nitrogen and oxygen atoms in total. The van der Waals surface area contributed by atoms with Crippen LogP contribution in [0, 0.1) is 0 Å². The molecule has 0 heterocycles. The number of benzene rings is 1. The standard InChI is InChI=1S/C15H19NO3S/c1-19-15(17)16-20(18,14-10-6-3-7-11-14)12-13-8-4-2-5-9-13/h3,6-8,10-11H,2,4-5,9,12H2,1H3/t20-/m0/s1. The summed E-state index contributed by atoms with van der Waals surface area (Å²) in [4.78, 5) is 12.0. The number of carbonyl (C=O) groups is 1. The molecule has 1 aromatic rings. The quantitative estimate of drug-likeness (QED) is 0.797. The number of methoxy groups -OCH3 is 1. The lowest BCUT2D eigenvalue weighted by molar-refractivity contribution is 0.183. The first-order valence-corrected chi connectivity index (χ1v) is 8.38. The minimum absolute atomic E-state index is 0.312. The van der Waals surface area contributed by atoms with Gasteiger partial charge in [0, 0.05) is 4.90 Å². The Balaban J connectivity index is 2.39. The van der Waals surface area contributed by atoms with Crippen molar-refractivity contribution in [3.05, 3.63) is 42.0 Å². The molecule has 1 atom stereocenters. The van der Waals surface area contributed by atoms with Gasteiger partial charge in [0.25, 0.3) is 0 Å². The number of allylic oxidation sites excluding steroid dienone is 1. The van der Waals surface area contributed by atoms with E-state index in [1.54, 1.807) is 24.3 Å². The van der Waals surface area contributed by atoms with Crippen molar-refractivity contribution >= 4 is 15.8 Å². The highest BCUT2D eigenvalue weighted by molar-refractivity contribution is 7.94. The molecule has 108 valence electrons. The summed E-state index contributed by atoms with van der Waals surface area (Å²) >= 11 is 0. The molecular formula is C15H19NO3S. The molecule has 1 aliphatic rings. The van der Waals surface area contributed by atoms with Crippen molar-refractivity contribution in [2.24, 2.45) is 4.36 Å². The van der Waals surface area contributed by atoms with Gasteiger partial charge in [0.15, 0.2) is 0 Å². The predicted octanol–water partition coefficient (Wildman–Crippen LogP) is 3.78. The molecule has 1 aromatic carbocycles. The summed E-state index contributed by atoms with van der Waals surface area (Å²) in [7, 11) is -1.55. The lowest BCUT2D eigenvalue weighted by Crippen LogP contribution is -2.13. The Hall–Kier alpha value is -1.62. The topological polar surface area (TPSA) is 55.7 Å². The van der Waals surface area contributed by atoms with Gasteiger partial charge in [-0.25, -0.2) is 9.00 Å². The summed E-state index contributed by atoms with van der Waals surface area (Å²) in [5.41, 5.74) is 1.12. The summed E-state index contributed by atoms with van der Waals surface area (Å²) < 4.78 is 21.5. The van der Waals surface area contributed by atoms with Crippen molar-refractivity contribution in [1.82, 2.24) is 0 Å². The fourth-order valence-corrected chi connectivity index (χ4v) is 4.25. The number of carbonyl (C=O) groups excluding carboxylic acids is 1. The van der Waals surface area contributed by atoms with Crippen LogP contribution in [0.5, 0.6) is 0 Å². The Morgan fingerprint density at radius 2 is 2.05 bits per heavy atom. The maximum Gasteiger partial charge on any atom is 0.441 e. The molecule has 20 heavy (non-hydrogen) atoms. The van der Waals surface area contributed by atoms with Gasteiger partial charge in [-0.3, -0.25) is 0 Å². The van der Waals surface area contributed by atoms with Crippen LogP contribution in [0.4, 0.5) is 4.79 Å². The fraction of sp³-hybridized carbons (Fsp3) is 0.400. The maximum atomic E-state index is 13.1. The van der Waals surface area contributed by atoms with Crippen molar-refractivity contribution in [1.29, 1.82) is 0 Å². The van der Waals surface area contributed by atoms with Gasteiger partial charge in [-0.2, -0.15) is 0 Å². The second-order valence-corrected chi connectivity index (χ2v) is 6.99. The van der Waals surface area contributed by atoms with Crippen LogP contribution in [0.25, 0.3) is 0 Å². The summed E-state index contributed by atoms with van der Waals surface area (Å²) in [5, 5.41) is 0. The number of hydrogen-bond acceptors (Lipinski definition) is 3. The molecular weight excluding hydrogens is 274 g/mol. The summed E-state index contributed by atoms with van der Waals surface area (Å²) in [6, 6.07) is 8.95. The molecule has 0 saturated carbocycles. The Kier molecular flexibility index (Phi) is 4.95. The Bertz CT molecular complexity index is 613. The highest BCUT2D eigenvalue weighted by Crippen LogP contribution is 2.23. The number of nitrogens with zero attached hydrogens (tertiary/aromatic N) is 1. The van der Waals surface area contributed by atoms with Crippen molar-refractivity contribution in [3.63, 3.8) is 0 Å². The first kappa shape index (κ1) is 14.8. The van der Waals surface area contributed by atoms with Gasteiger partial charge in [-0.15, -0.1) is 4.36 Å². The molecule has 0 fully saturated rings. The molecule has 0 N–H and O–H groups in total. The highest BCUT2D eigenvalue weighted by atomic mass is 32.2. The van der Waals surface area contributed by atoms with E-state index in [1.807, 2.05) is 6.07 Å². The van der Waals surface area contributed by atoms with E-state index in [1.165, 1.54) is 13.5 Å². The van der Waals surface area contributed by atoms with Gasteiger partial charge in [0.2, 0.25) is 0 Å². The fourth-order valence-electron chi connectivity index (χ4n) is 2.25. The van der Waals surface area contributed by atoms with E-state index in [2.05, 4.69) is 15.2 Å². The van der Waals surface area contributed by atoms with Crippen LogP contribution in [0.15, 0.2) is 51.2 Å².